The number of hydrogen-bond acceptors (Lipinski definition) is 3. The summed E-state index contributed by atoms with van der Waals surface area (Å²) in [4.78, 5) is 23.5. The third-order valence-electron chi connectivity index (χ3n) is 3.73. The van der Waals surface area contributed by atoms with E-state index in [0.717, 1.165) is 18.4 Å². The van der Waals surface area contributed by atoms with E-state index >= 15 is 0 Å². The maximum atomic E-state index is 12.0. The Bertz CT molecular complexity index is 524. The molecule has 1 aromatic rings. The van der Waals surface area contributed by atoms with Crippen LogP contribution in [-0.2, 0) is 16.1 Å². The highest BCUT2D eigenvalue weighted by Gasteiger charge is 2.16. The lowest BCUT2D eigenvalue weighted by Crippen LogP contribution is -2.29. The minimum absolute atomic E-state index is 0.0491. The number of benzene rings is 1. The molecule has 2 N–H and O–H groups in total. The predicted octanol–water partition coefficient (Wildman–Crippen LogP) is 2.46. The fourth-order valence-electron chi connectivity index (χ4n) is 2.37. The molecule has 5 heteroatoms. The molecule has 0 unspecified atom stereocenters. The van der Waals surface area contributed by atoms with Crippen molar-refractivity contribution in [1.82, 2.24) is 5.32 Å². The normalized spacial score (nSPS) is 14.0. The van der Waals surface area contributed by atoms with Gasteiger partial charge in [0, 0.05) is 12.5 Å². The molecule has 2 rings (SSSR count). The second-order valence-corrected chi connectivity index (χ2v) is 5.21. The molecule has 0 aromatic heterocycles. The van der Waals surface area contributed by atoms with Crippen LogP contribution in [0.15, 0.2) is 18.2 Å². The van der Waals surface area contributed by atoms with Crippen LogP contribution in [0, 0.1) is 5.92 Å². The van der Waals surface area contributed by atoms with Gasteiger partial charge in [-0.2, -0.15) is 0 Å². The lowest BCUT2D eigenvalue weighted by Gasteiger charge is -2.14. The average Bonchev–Trinajstić information content (AvgIpc) is 2.66. The molecule has 0 bridgehead atoms. The summed E-state index contributed by atoms with van der Waals surface area (Å²) >= 11 is 0. The van der Waals surface area contributed by atoms with Crippen LogP contribution in [0.25, 0.3) is 0 Å². The summed E-state index contributed by atoms with van der Waals surface area (Å²) in [5.74, 6) is 0.770. The molecule has 1 heterocycles. The largest absolute Gasteiger partial charge is 0.491 e. The van der Waals surface area contributed by atoms with Crippen LogP contribution in [0.2, 0.25) is 0 Å². The molecule has 0 atom stereocenters. The first kappa shape index (κ1) is 15.4. The summed E-state index contributed by atoms with van der Waals surface area (Å²) in [6.07, 6.45) is 2.04. The summed E-state index contributed by atoms with van der Waals surface area (Å²) < 4.78 is 5.50. The number of rotatable bonds is 5. The van der Waals surface area contributed by atoms with Crippen molar-refractivity contribution < 1.29 is 14.3 Å². The smallest absolute Gasteiger partial charge is 0.227 e. The van der Waals surface area contributed by atoms with Gasteiger partial charge in [0.25, 0.3) is 0 Å². The van der Waals surface area contributed by atoms with Crippen molar-refractivity contribution in [3.05, 3.63) is 23.8 Å². The molecule has 21 heavy (non-hydrogen) atoms. The molecule has 0 saturated carbocycles. The molecule has 2 amide bonds. The van der Waals surface area contributed by atoms with E-state index in [1.165, 1.54) is 0 Å². The summed E-state index contributed by atoms with van der Waals surface area (Å²) in [6, 6.07) is 5.59. The van der Waals surface area contributed by atoms with E-state index in [0.29, 0.717) is 31.0 Å². The second kappa shape index (κ2) is 7.11. The first-order valence-corrected chi connectivity index (χ1v) is 7.47. The van der Waals surface area contributed by atoms with Crippen molar-refractivity contribution in [2.75, 3.05) is 11.9 Å². The van der Waals surface area contributed by atoms with Crippen molar-refractivity contribution in [2.24, 2.45) is 5.92 Å². The molecule has 1 aromatic carbocycles. The highest BCUT2D eigenvalue weighted by atomic mass is 16.5. The Morgan fingerprint density at radius 3 is 2.86 bits per heavy atom. The standard InChI is InChI=1S/C16H22N2O3/c1-3-12(4-2)16(20)17-10-11-5-6-14-13(9-11)18-15(19)7-8-21-14/h5-6,9,12H,3-4,7-8,10H2,1-2H3,(H,17,20)(H,18,19). The zero-order valence-electron chi connectivity index (χ0n) is 12.6. The van der Waals surface area contributed by atoms with Crippen molar-refractivity contribution >= 4 is 17.5 Å². The Hall–Kier alpha value is -2.04. The van der Waals surface area contributed by atoms with Crippen molar-refractivity contribution in [1.29, 1.82) is 0 Å². The van der Waals surface area contributed by atoms with Gasteiger partial charge in [-0.3, -0.25) is 9.59 Å². The van der Waals surface area contributed by atoms with Crippen LogP contribution < -0.4 is 15.4 Å². The summed E-state index contributed by atoms with van der Waals surface area (Å²) in [5, 5.41) is 5.76. The molecule has 5 nitrogen and oxygen atoms in total. The minimum Gasteiger partial charge on any atom is -0.491 e. The molecule has 114 valence electrons. The van der Waals surface area contributed by atoms with Gasteiger partial charge in [-0.05, 0) is 30.5 Å². The van der Waals surface area contributed by atoms with Crippen LogP contribution in [0.4, 0.5) is 5.69 Å². The van der Waals surface area contributed by atoms with E-state index in [-0.39, 0.29) is 17.7 Å². The van der Waals surface area contributed by atoms with Gasteiger partial charge in [-0.15, -0.1) is 0 Å². The van der Waals surface area contributed by atoms with E-state index < -0.39 is 0 Å². The van der Waals surface area contributed by atoms with Gasteiger partial charge in [0.1, 0.15) is 5.75 Å². The molecular formula is C16H22N2O3. The number of hydrogen-bond donors (Lipinski definition) is 2. The van der Waals surface area contributed by atoms with Gasteiger partial charge < -0.3 is 15.4 Å². The molecule has 0 aliphatic carbocycles. The molecule has 1 aliphatic rings. The molecule has 0 radical (unpaired) electrons. The lowest BCUT2D eigenvalue weighted by molar-refractivity contribution is -0.125. The number of carbonyl (C=O) groups excluding carboxylic acids is 2. The average molecular weight is 290 g/mol. The fraction of sp³-hybridized carbons (Fsp3) is 0.500. The van der Waals surface area contributed by atoms with Crippen molar-refractivity contribution in [3.8, 4) is 5.75 Å². The third-order valence-corrected chi connectivity index (χ3v) is 3.73. The summed E-state index contributed by atoms with van der Waals surface area (Å²) in [6.45, 7) is 4.88. The van der Waals surface area contributed by atoms with Gasteiger partial charge in [-0.1, -0.05) is 19.9 Å². The van der Waals surface area contributed by atoms with Crippen molar-refractivity contribution in [2.45, 2.75) is 39.7 Å². The van der Waals surface area contributed by atoms with Gasteiger partial charge in [0.2, 0.25) is 11.8 Å². The minimum atomic E-state index is -0.0491. The topological polar surface area (TPSA) is 67.4 Å². The number of fused-ring (bicyclic) bond motifs is 1. The van der Waals surface area contributed by atoms with E-state index in [1.807, 2.05) is 32.0 Å². The highest BCUT2D eigenvalue weighted by molar-refractivity contribution is 5.93. The molecular weight excluding hydrogens is 268 g/mol. The van der Waals surface area contributed by atoms with Gasteiger partial charge in [0.15, 0.2) is 0 Å². The highest BCUT2D eigenvalue weighted by Crippen LogP contribution is 2.28. The second-order valence-electron chi connectivity index (χ2n) is 5.21. The Labute approximate surface area is 125 Å². The Morgan fingerprint density at radius 2 is 2.14 bits per heavy atom. The van der Waals surface area contributed by atoms with Crippen LogP contribution in [0.1, 0.15) is 38.7 Å². The Kier molecular flexibility index (Phi) is 5.20. The molecule has 0 fully saturated rings. The van der Waals surface area contributed by atoms with E-state index in [4.69, 9.17) is 4.74 Å². The molecule has 1 aliphatic heterocycles. The third kappa shape index (κ3) is 3.97. The van der Waals surface area contributed by atoms with Gasteiger partial charge in [0.05, 0.1) is 18.7 Å². The maximum Gasteiger partial charge on any atom is 0.227 e. The lowest BCUT2D eigenvalue weighted by atomic mass is 10.0. The van der Waals surface area contributed by atoms with E-state index in [9.17, 15) is 9.59 Å². The monoisotopic (exact) mass is 290 g/mol. The fourth-order valence-corrected chi connectivity index (χ4v) is 2.37. The van der Waals surface area contributed by atoms with Gasteiger partial charge in [-0.25, -0.2) is 0 Å². The van der Waals surface area contributed by atoms with Crippen LogP contribution in [0.3, 0.4) is 0 Å². The molecule has 0 saturated heterocycles. The van der Waals surface area contributed by atoms with E-state index in [1.54, 1.807) is 0 Å². The first-order valence-electron chi connectivity index (χ1n) is 7.47. The zero-order valence-corrected chi connectivity index (χ0v) is 12.6. The maximum absolute atomic E-state index is 12.0. The van der Waals surface area contributed by atoms with Crippen LogP contribution >= 0.6 is 0 Å². The number of carbonyl (C=O) groups is 2. The first-order chi connectivity index (χ1) is 10.1. The number of anilines is 1. The van der Waals surface area contributed by atoms with E-state index in [2.05, 4.69) is 10.6 Å². The quantitative estimate of drug-likeness (QED) is 0.875. The van der Waals surface area contributed by atoms with Gasteiger partial charge >= 0.3 is 0 Å². The van der Waals surface area contributed by atoms with Crippen LogP contribution in [-0.4, -0.2) is 18.4 Å². The Morgan fingerprint density at radius 1 is 1.38 bits per heavy atom. The summed E-state index contributed by atoms with van der Waals surface area (Å²) in [5.41, 5.74) is 1.62. The number of amides is 2. The SMILES string of the molecule is CCC(CC)C(=O)NCc1ccc2c(c1)NC(=O)CCO2. The summed E-state index contributed by atoms with van der Waals surface area (Å²) in [7, 11) is 0. The number of ether oxygens (including phenoxy) is 1. The predicted molar refractivity (Wildman–Crippen MR) is 81.1 cm³/mol. The Balaban J connectivity index is 2.02. The van der Waals surface area contributed by atoms with Crippen molar-refractivity contribution in [3.63, 3.8) is 0 Å². The zero-order chi connectivity index (χ0) is 15.2. The molecule has 0 spiro atoms. The number of nitrogens with one attached hydrogen (secondary N) is 2. The van der Waals surface area contributed by atoms with Crippen LogP contribution in [0.5, 0.6) is 5.75 Å².